The molecule has 0 bridgehead atoms. The van der Waals surface area contributed by atoms with Gasteiger partial charge in [-0.3, -0.25) is 4.57 Å². The lowest BCUT2D eigenvalue weighted by Crippen LogP contribution is -3.12. The second kappa shape index (κ2) is 10.0. The molecule has 1 fully saturated rings. The topological polar surface area (TPSA) is 27.2 Å². The Morgan fingerprint density at radius 1 is 0.879 bits per heavy atom. The number of hydrogen-bond acceptors (Lipinski definition) is 2. The maximum absolute atomic E-state index is 6.13. The fourth-order valence-electron chi connectivity index (χ4n) is 4.72. The van der Waals surface area contributed by atoms with Gasteiger partial charge >= 0.3 is 0 Å². The molecule has 0 saturated carbocycles. The molecule has 33 heavy (non-hydrogen) atoms. The molecule has 4 aromatic rings. The second-order valence-corrected chi connectivity index (χ2v) is 9.58. The van der Waals surface area contributed by atoms with Crippen LogP contribution in [0.15, 0.2) is 84.9 Å². The first kappa shape index (κ1) is 22.1. The number of rotatable bonds is 6. The Labute approximate surface area is 205 Å². The summed E-state index contributed by atoms with van der Waals surface area (Å²) in [6.07, 6.45) is 2.39. The van der Waals surface area contributed by atoms with Crippen molar-refractivity contribution in [1.29, 1.82) is 0 Å². The van der Waals surface area contributed by atoms with E-state index in [-0.39, 0.29) is 0 Å². The highest BCUT2D eigenvalue weighted by molar-refractivity contribution is 7.71. The van der Waals surface area contributed by atoms with Crippen LogP contribution in [0.25, 0.3) is 11.4 Å². The van der Waals surface area contributed by atoms with E-state index in [0.29, 0.717) is 12.5 Å². The second-order valence-electron chi connectivity index (χ2n) is 8.78. The molecule has 4 nitrogen and oxygen atoms in total. The van der Waals surface area contributed by atoms with Crippen molar-refractivity contribution in [2.45, 2.75) is 32.0 Å². The van der Waals surface area contributed by atoms with E-state index in [1.165, 1.54) is 28.9 Å². The standard InChI is InChI=1S/C27H27ClN4S/c28-25-13-11-24(12-14-25)26-29-32(27(33)31(26)19-21-7-3-1-4-8-21)20-30-17-15-23(16-18-30)22-9-5-2-6-10-22/h1-14,23H,15-20H2/p+1. The van der Waals surface area contributed by atoms with E-state index in [2.05, 4.69) is 59.2 Å². The smallest absolute Gasteiger partial charge is 0.203 e. The molecule has 0 spiro atoms. The SMILES string of the molecule is S=c1n(C[NH+]2CCC(c3ccccc3)CC2)nc(-c2ccc(Cl)cc2)n1Cc1ccccc1. The van der Waals surface area contributed by atoms with Crippen molar-refractivity contribution in [1.82, 2.24) is 14.3 Å². The maximum atomic E-state index is 6.13. The fourth-order valence-corrected chi connectivity index (χ4v) is 5.10. The molecule has 0 amide bonds. The first-order valence-corrected chi connectivity index (χ1v) is 12.3. The Balaban J connectivity index is 1.38. The number of aromatic nitrogens is 3. The van der Waals surface area contributed by atoms with Gasteiger partial charge in [-0.25, -0.2) is 0 Å². The van der Waals surface area contributed by atoms with Gasteiger partial charge in [0.2, 0.25) is 4.77 Å². The molecule has 1 saturated heterocycles. The van der Waals surface area contributed by atoms with E-state index in [4.69, 9.17) is 28.9 Å². The van der Waals surface area contributed by atoms with Crippen LogP contribution in [0.2, 0.25) is 5.02 Å². The van der Waals surface area contributed by atoms with Gasteiger partial charge in [0.1, 0.15) is 0 Å². The van der Waals surface area contributed by atoms with E-state index < -0.39 is 0 Å². The Hall–Kier alpha value is -2.73. The van der Waals surface area contributed by atoms with Gasteiger partial charge in [-0.2, -0.15) is 4.68 Å². The minimum absolute atomic E-state index is 0.656. The number of halogens is 1. The number of quaternary nitrogens is 1. The number of nitrogens with one attached hydrogen (secondary N) is 1. The van der Waals surface area contributed by atoms with Gasteiger partial charge in [0, 0.05) is 23.4 Å². The van der Waals surface area contributed by atoms with Crippen LogP contribution in [-0.2, 0) is 13.2 Å². The van der Waals surface area contributed by atoms with E-state index in [1.807, 2.05) is 35.0 Å². The van der Waals surface area contributed by atoms with Crippen molar-refractivity contribution in [2.24, 2.45) is 0 Å². The lowest BCUT2D eigenvalue weighted by atomic mass is 9.90. The Morgan fingerprint density at radius 3 is 2.18 bits per heavy atom. The largest absolute Gasteiger partial charge is 0.316 e. The molecular weight excluding hydrogens is 448 g/mol. The number of hydrogen-bond donors (Lipinski definition) is 1. The van der Waals surface area contributed by atoms with Gasteiger partial charge in [0.25, 0.3) is 0 Å². The number of likely N-dealkylation sites (tertiary alicyclic amines) is 1. The summed E-state index contributed by atoms with van der Waals surface area (Å²) in [5.41, 5.74) is 3.70. The van der Waals surface area contributed by atoms with Crippen LogP contribution in [0.5, 0.6) is 0 Å². The van der Waals surface area contributed by atoms with Crippen LogP contribution in [-0.4, -0.2) is 27.4 Å². The maximum Gasteiger partial charge on any atom is 0.203 e. The molecular formula is C27H28ClN4S+. The van der Waals surface area contributed by atoms with Crippen LogP contribution in [0.4, 0.5) is 0 Å². The molecule has 168 valence electrons. The molecule has 0 radical (unpaired) electrons. The van der Waals surface area contributed by atoms with Crippen molar-refractivity contribution in [3.63, 3.8) is 0 Å². The van der Waals surface area contributed by atoms with Gasteiger partial charge < -0.3 is 4.90 Å². The number of nitrogens with zero attached hydrogens (tertiary/aromatic N) is 3. The number of piperidine rings is 1. The third-order valence-electron chi connectivity index (χ3n) is 6.55. The number of benzene rings is 3. The van der Waals surface area contributed by atoms with Crippen LogP contribution in [0.1, 0.15) is 29.9 Å². The highest BCUT2D eigenvalue weighted by Gasteiger charge is 2.24. The van der Waals surface area contributed by atoms with Crippen LogP contribution in [0.3, 0.4) is 0 Å². The van der Waals surface area contributed by atoms with E-state index in [9.17, 15) is 0 Å². The summed E-state index contributed by atoms with van der Waals surface area (Å²) < 4.78 is 4.92. The van der Waals surface area contributed by atoms with Crippen molar-refractivity contribution < 1.29 is 4.90 Å². The fraction of sp³-hybridized carbons (Fsp3) is 0.259. The van der Waals surface area contributed by atoms with Gasteiger partial charge in [-0.15, -0.1) is 5.10 Å². The molecule has 6 heteroatoms. The molecule has 0 aliphatic carbocycles. The van der Waals surface area contributed by atoms with Crippen molar-refractivity contribution in [3.8, 4) is 11.4 Å². The predicted molar refractivity (Wildman–Crippen MR) is 136 cm³/mol. The molecule has 5 rings (SSSR count). The Bertz CT molecular complexity index is 1240. The molecule has 1 aliphatic heterocycles. The minimum atomic E-state index is 0.656. The lowest BCUT2D eigenvalue weighted by Gasteiger charge is -2.29. The van der Waals surface area contributed by atoms with Gasteiger partial charge in [0.15, 0.2) is 12.5 Å². The van der Waals surface area contributed by atoms with Crippen LogP contribution >= 0.6 is 23.8 Å². The van der Waals surface area contributed by atoms with Crippen LogP contribution < -0.4 is 4.90 Å². The zero-order valence-electron chi connectivity index (χ0n) is 18.5. The van der Waals surface area contributed by atoms with Gasteiger partial charge in [-0.1, -0.05) is 72.3 Å². The summed E-state index contributed by atoms with van der Waals surface area (Å²) in [5.74, 6) is 1.54. The summed E-state index contributed by atoms with van der Waals surface area (Å²) in [6, 6.07) is 29.2. The molecule has 2 heterocycles. The lowest BCUT2D eigenvalue weighted by molar-refractivity contribution is -0.928. The first-order chi connectivity index (χ1) is 16.2. The van der Waals surface area contributed by atoms with Crippen molar-refractivity contribution in [3.05, 3.63) is 106 Å². The highest BCUT2D eigenvalue weighted by Crippen LogP contribution is 2.24. The van der Waals surface area contributed by atoms with Gasteiger partial charge in [-0.05, 0) is 53.5 Å². The summed E-state index contributed by atoms with van der Waals surface area (Å²) >= 11 is 12.1. The van der Waals surface area contributed by atoms with Crippen molar-refractivity contribution in [2.75, 3.05) is 13.1 Å². The predicted octanol–water partition coefficient (Wildman–Crippen LogP) is 5.20. The highest BCUT2D eigenvalue weighted by atomic mass is 35.5. The summed E-state index contributed by atoms with van der Waals surface area (Å²) in [5, 5.41) is 5.71. The molecule has 1 N–H and O–H groups in total. The average molecular weight is 476 g/mol. The van der Waals surface area contributed by atoms with Crippen molar-refractivity contribution >= 4 is 23.8 Å². The molecule has 1 aromatic heterocycles. The zero-order valence-corrected chi connectivity index (χ0v) is 20.1. The minimum Gasteiger partial charge on any atom is -0.316 e. The van der Waals surface area contributed by atoms with E-state index >= 15 is 0 Å². The molecule has 0 unspecified atom stereocenters. The Kier molecular flexibility index (Phi) is 6.72. The monoisotopic (exact) mass is 475 g/mol. The Morgan fingerprint density at radius 2 is 1.52 bits per heavy atom. The third-order valence-corrected chi connectivity index (χ3v) is 7.23. The zero-order chi connectivity index (χ0) is 22.6. The first-order valence-electron chi connectivity index (χ1n) is 11.5. The normalized spacial score (nSPS) is 18.3. The average Bonchev–Trinajstić information content (AvgIpc) is 3.16. The molecule has 3 aromatic carbocycles. The molecule has 0 atom stereocenters. The van der Waals surface area contributed by atoms with Crippen LogP contribution in [0, 0.1) is 4.77 Å². The summed E-state index contributed by atoms with van der Waals surface area (Å²) in [6.45, 7) is 3.75. The third kappa shape index (κ3) is 5.11. The quantitative estimate of drug-likeness (QED) is 0.388. The van der Waals surface area contributed by atoms with E-state index in [1.54, 1.807) is 0 Å². The summed E-state index contributed by atoms with van der Waals surface area (Å²) in [4.78, 5) is 1.53. The summed E-state index contributed by atoms with van der Waals surface area (Å²) in [7, 11) is 0. The van der Waals surface area contributed by atoms with Gasteiger partial charge in [0.05, 0.1) is 19.6 Å². The molecule has 1 aliphatic rings. The van der Waals surface area contributed by atoms with E-state index in [0.717, 1.165) is 40.9 Å².